The third-order valence-electron chi connectivity index (χ3n) is 2.83. The Morgan fingerprint density at radius 3 is 2.53 bits per heavy atom. The molecule has 1 aromatic rings. The maximum absolute atomic E-state index is 12.6. The summed E-state index contributed by atoms with van der Waals surface area (Å²) in [6.07, 6.45) is -4.59. The van der Waals surface area contributed by atoms with Crippen LogP contribution in [0.1, 0.15) is 12.5 Å². The average molecular weight is 291 g/mol. The maximum Gasteiger partial charge on any atom is 0.431 e. The Labute approximate surface area is 112 Å². The Morgan fingerprint density at radius 1 is 1.37 bits per heavy atom. The van der Waals surface area contributed by atoms with E-state index in [9.17, 15) is 18.0 Å². The molecule has 1 amide bonds. The number of hydrazone groups is 1. The maximum atomic E-state index is 12.6. The fourth-order valence-corrected chi connectivity index (χ4v) is 2.01. The molecule has 0 fully saturated rings. The summed E-state index contributed by atoms with van der Waals surface area (Å²) in [5.41, 5.74) is -0.513. The minimum atomic E-state index is -4.59. The summed E-state index contributed by atoms with van der Waals surface area (Å²) in [6, 6.07) is 6.64. The first kappa shape index (κ1) is 13.9. The second-order valence-corrected chi connectivity index (χ2v) is 4.60. The molecule has 0 saturated carbocycles. The van der Waals surface area contributed by atoms with Crippen molar-refractivity contribution in [3.63, 3.8) is 0 Å². The Bertz CT molecular complexity index is 542. The summed E-state index contributed by atoms with van der Waals surface area (Å²) < 4.78 is 37.9. The Morgan fingerprint density at radius 2 is 2.00 bits per heavy atom. The SMILES string of the molecule is CC1C(=O)N(Cc2ccccc2Cl)N=C1C(F)(F)F. The number of alkyl halides is 3. The zero-order valence-corrected chi connectivity index (χ0v) is 10.7. The predicted molar refractivity (Wildman–Crippen MR) is 64.7 cm³/mol. The number of rotatable bonds is 2. The highest BCUT2D eigenvalue weighted by molar-refractivity contribution is 6.31. The van der Waals surface area contributed by atoms with Gasteiger partial charge in [-0.15, -0.1) is 0 Å². The van der Waals surface area contributed by atoms with Crippen molar-refractivity contribution in [1.29, 1.82) is 0 Å². The summed E-state index contributed by atoms with van der Waals surface area (Å²) >= 11 is 5.90. The molecule has 102 valence electrons. The lowest BCUT2D eigenvalue weighted by Gasteiger charge is -2.13. The van der Waals surface area contributed by atoms with Gasteiger partial charge in [-0.2, -0.15) is 18.3 Å². The molecular weight excluding hydrogens is 281 g/mol. The number of halogens is 4. The molecule has 0 spiro atoms. The van der Waals surface area contributed by atoms with Gasteiger partial charge in [-0.25, -0.2) is 5.01 Å². The number of benzene rings is 1. The number of hydrogen-bond acceptors (Lipinski definition) is 2. The zero-order chi connectivity index (χ0) is 14.2. The van der Waals surface area contributed by atoms with Crippen LogP contribution in [0, 0.1) is 5.92 Å². The first-order valence-electron chi connectivity index (χ1n) is 5.51. The molecule has 0 radical (unpaired) electrons. The van der Waals surface area contributed by atoms with Crippen molar-refractivity contribution in [3.05, 3.63) is 34.9 Å². The van der Waals surface area contributed by atoms with E-state index >= 15 is 0 Å². The van der Waals surface area contributed by atoms with Crippen molar-refractivity contribution in [2.45, 2.75) is 19.6 Å². The topological polar surface area (TPSA) is 32.7 Å². The summed E-state index contributed by atoms with van der Waals surface area (Å²) in [4.78, 5) is 11.7. The van der Waals surface area contributed by atoms with Gasteiger partial charge in [-0.3, -0.25) is 4.79 Å². The normalized spacial score (nSPS) is 19.8. The van der Waals surface area contributed by atoms with Gasteiger partial charge in [0.25, 0.3) is 5.91 Å². The molecule has 0 N–H and O–H groups in total. The first-order valence-corrected chi connectivity index (χ1v) is 5.89. The molecule has 1 heterocycles. The summed E-state index contributed by atoms with van der Waals surface area (Å²) in [5, 5.41) is 4.58. The molecule has 1 atom stereocenters. The van der Waals surface area contributed by atoms with Crippen LogP contribution in [0.2, 0.25) is 5.02 Å². The smallest absolute Gasteiger partial charge is 0.272 e. The number of nitrogens with zero attached hydrogens (tertiary/aromatic N) is 2. The van der Waals surface area contributed by atoms with Crippen LogP contribution in [0.25, 0.3) is 0 Å². The summed E-state index contributed by atoms with van der Waals surface area (Å²) in [6.45, 7) is 1.13. The van der Waals surface area contributed by atoms with E-state index in [4.69, 9.17) is 11.6 Å². The number of hydrogen-bond donors (Lipinski definition) is 0. The van der Waals surface area contributed by atoms with E-state index in [0.29, 0.717) is 10.6 Å². The van der Waals surface area contributed by atoms with E-state index in [0.717, 1.165) is 5.01 Å². The van der Waals surface area contributed by atoms with Gasteiger partial charge in [0.1, 0.15) is 0 Å². The molecule has 3 nitrogen and oxygen atoms in total. The molecule has 0 aliphatic carbocycles. The van der Waals surface area contributed by atoms with E-state index in [2.05, 4.69) is 5.10 Å². The van der Waals surface area contributed by atoms with Crippen LogP contribution in [0.5, 0.6) is 0 Å². The standard InChI is InChI=1S/C12H10ClF3N2O/c1-7-10(12(14,15)16)17-18(11(7)19)6-8-4-2-3-5-9(8)13/h2-5,7H,6H2,1H3. The van der Waals surface area contributed by atoms with Gasteiger partial charge in [-0.1, -0.05) is 29.8 Å². The van der Waals surface area contributed by atoms with E-state index in [1.807, 2.05) is 0 Å². The van der Waals surface area contributed by atoms with Crippen LogP contribution in [0.3, 0.4) is 0 Å². The number of carbonyl (C=O) groups excluding carboxylic acids is 1. The molecule has 7 heteroatoms. The molecule has 0 saturated heterocycles. The molecule has 0 aromatic heterocycles. The van der Waals surface area contributed by atoms with Gasteiger partial charge in [0.2, 0.25) is 0 Å². The number of amides is 1. The molecule has 1 unspecified atom stereocenters. The van der Waals surface area contributed by atoms with Gasteiger partial charge in [0, 0.05) is 5.02 Å². The number of carbonyl (C=O) groups is 1. The Balaban J connectivity index is 2.25. The quantitative estimate of drug-likeness (QED) is 0.823. The van der Waals surface area contributed by atoms with Crippen molar-refractivity contribution in [1.82, 2.24) is 5.01 Å². The van der Waals surface area contributed by atoms with E-state index in [-0.39, 0.29) is 6.54 Å². The lowest BCUT2D eigenvalue weighted by atomic mass is 10.1. The lowest BCUT2D eigenvalue weighted by Crippen LogP contribution is -2.31. The van der Waals surface area contributed by atoms with Crippen molar-refractivity contribution >= 4 is 23.2 Å². The summed E-state index contributed by atoms with van der Waals surface area (Å²) in [5.74, 6) is -1.95. The van der Waals surface area contributed by atoms with E-state index < -0.39 is 23.7 Å². The summed E-state index contributed by atoms with van der Waals surface area (Å²) in [7, 11) is 0. The molecule has 2 rings (SSSR count). The molecule has 19 heavy (non-hydrogen) atoms. The van der Waals surface area contributed by atoms with Gasteiger partial charge in [0.15, 0.2) is 5.71 Å². The van der Waals surface area contributed by atoms with Gasteiger partial charge < -0.3 is 0 Å². The van der Waals surface area contributed by atoms with Gasteiger partial charge in [-0.05, 0) is 18.6 Å². The highest BCUT2D eigenvalue weighted by Gasteiger charge is 2.47. The molecule has 1 aliphatic rings. The zero-order valence-electron chi connectivity index (χ0n) is 9.91. The van der Waals surface area contributed by atoms with Crippen molar-refractivity contribution in [2.24, 2.45) is 11.0 Å². The minimum absolute atomic E-state index is 0.0670. The lowest BCUT2D eigenvalue weighted by molar-refractivity contribution is -0.132. The van der Waals surface area contributed by atoms with Crippen molar-refractivity contribution in [3.8, 4) is 0 Å². The van der Waals surface area contributed by atoms with Crippen LogP contribution in [0.4, 0.5) is 13.2 Å². The molecular formula is C12H10ClF3N2O. The molecule has 1 aromatic carbocycles. The van der Waals surface area contributed by atoms with Crippen molar-refractivity contribution < 1.29 is 18.0 Å². The van der Waals surface area contributed by atoms with E-state index in [1.54, 1.807) is 24.3 Å². The second kappa shape index (κ2) is 4.85. The predicted octanol–water partition coefficient (Wildman–Crippen LogP) is 3.24. The Hall–Kier alpha value is -1.56. The van der Waals surface area contributed by atoms with Crippen LogP contribution in [-0.2, 0) is 11.3 Å². The molecule has 0 bridgehead atoms. The van der Waals surface area contributed by atoms with Crippen LogP contribution in [-0.4, -0.2) is 22.8 Å². The fraction of sp³-hybridized carbons (Fsp3) is 0.333. The molecule has 1 aliphatic heterocycles. The highest BCUT2D eigenvalue weighted by Crippen LogP contribution is 2.30. The van der Waals surface area contributed by atoms with Crippen molar-refractivity contribution in [2.75, 3.05) is 0 Å². The Kier molecular flexibility index (Phi) is 3.54. The average Bonchev–Trinajstić information content (AvgIpc) is 2.60. The first-order chi connectivity index (χ1) is 8.80. The third-order valence-corrected chi connectivity index (χ3v) is 3.20. The fourth-order valence-electron chi connectivity index (χ4n) is 1.81. The van der Waals surface area contributed by atoms with Crippen LogP contribution >= 0.6 is 11.6 Å². The van der Waals surface area contributed by atoms with Gasteiger partial charge in [0.05, 0.1) is 12.5 Å². The minimum Gasteiger partial charge on any atom is -0.272 e. The van der Waals surface area contributed by atoms with Gasteiger partial charge >= 0.3 is 6.18 Å². The monoisotopic (exact) mass is 290 g/mol. The van der Waals surface area contributed by atoms with Crippen LogP contribution < -0.4 is 0 Å². The van der Waals surface area contributed by atoms with E-state index in [1.165, 1.54) is 6.92 Å². The highest BCUT2D eigenvalue weighted by atomic mass is 35.5. The third kappa shape index (κ3) is 2.73. The largest absolute Gasteiger partial charge is 0.431 e. The van der Waals surface area contributed by atoms with Crippen LogP contribution in [0.15, 0.2) is 29.4 Å². The second-order valence-electron chi connectivity index (χ2n) is 4.19.